The smallest absolute Gasteiger partial charge is 0.435 e. The molecule has 2 atom stereocenters. The minimum atomic E-state index is -4.66. The van der Waals surface area contributed by atoms with Gasteiger partial charge < -0.3 is 26.0 Å². The second kappa shape index (κ2) is 12.0. The second-order valence-electron chi connectivity index (χ2n) is 9.18. The molecular weight excluding hydrogens is 583 g/mol. The van der Waals surface area contributed by atoms with Crippen LogP contribution in [0.25, 0.3) is 16.9 Å². The van der Waals surface area contributed by atoms with Crippen LogP contribution in [0.1, 0.15) is 22.5 Å². The van der Waals surface area contributed by atoms with Crippen LogP contribution >= 0.6 is 11.6 Å². The van der Waals surface area contributed by atoms with Crippen LogP contribution in [-0.2, 0) is 20.5 Å². The number of aromatic amines is 1. The van der Waals surface area contributed by atoms with E-state index in [0.717, 1.165) is 6.20 Å². The molecule has 1 aromatic carbocycles. The van der Waals surface area contributed by atoms with E-state index >= 15 is 0 Å². The van der Waals surface area contributed by atoms with E-state index in [1.54, 1.807) is 6.07 Å². The molecular formula is C25H23ClF3N9O4. The Morgan fingerprint density at radius 1 is 1.21 bits per heavy atom. The molecule has 4 heterocycles. The summed E-state index contributed by atoms with van der Waals surface area (Å²) in [6, 6.07) is 4.08. The van der Waals surface area contributed by atoms with Gasteiger partial charge >= 0.3 is 6.18 Å². The number of fused-ring (bicyclic) bond motifs is 1. The van der Waals surface area contributed by atoms with E-state index in [1.807, 2.05) is 0 Å². The van der Waals surface area contributed by atoms with Crippen LogP contribution in [0.3, 0.4) is 0 Å². The van der Waals surface area contributed by atoms with Crippen molar-refractivity contribution in [3.05, 3.63) is 59.3 Å². The molecule has 0 saturated carbocycles. The maximum atomic E-state index is 13.4. The minimum Gasteiger partial charge on any atom is -0.463 e. The predicted octanol–water partition coefficient (Wildman–Crippen LogP) is 2.28. The first-order chi connectivity index (χ1) is 20.2. The van der Waals surface area contributed by atoms with Crippen molar-refractivity contribution in [2.75, 3.05) is 25.0 Å². The number of imidazole rings is 1. The van der Waals surface area contributed by atoms with E-state index in [4.69, 9.17) is 16.3 Å². The first-order valence-electron chi connectivity index (χ1n) is 12.5. The molecule has 220 valence electrons. The molecule has 1 saturated heterocycles. The van der Waals surface area contributed by atoms with E-state index in [9.17, 15) is 27.6 Å². The summed E-state index contributed by atoms with van der Waals surface area (Å²) in [6.45, 7) is 1.05. The summed E-state index contributed by atoms with van der Waals surface area (Å²) in [5, 5.41) is 17.1. The highest BCUT2D eigenvalue weighted by atomic mass is 35.5. The topological polar surface area (TPSA) is 167 Å². The number of nitrogens with one attached hydrogen (secondary N) is 5. The molecule has 0 spiro atoms. The number of hydrogen-bond acceptors (Lipinski definition) is 9. The zero-order chi connectivity index (χ0) is 29.9. The third-order valence-corrected chi connectivity index (χ3v) is 6.77. The lowest BCUT2D eigenvalue weighted by molar-refractivity contribution is -0.140. The number of aromatic nitrogens is 5. The predicted molar refractivity (Wildman–Crippen MR) is 143 cm³/mol. The highest BCUT2D eigenvalue weighted by Gasteiger charge is 2.37. The van der Waals surface area contributed by atoms with Gasteiger partial charge in [0.25, 0.3) is 12.4 Å². The van der Waals surface area contributed by atoms with E-state index in [-0.39, 0.29) is 58.4 Å². The molecule has 3 aromatic heterocycles. The summed E-state index contributed by atoms with van der Waals surface area (Å²) in [4.78, 5) is 43.8. The van der Waals surface area contributed by atoms with Gasteiger partial charge in [-0.1, -0.05) is 11.6 Å². The van der Waals surface area contributed by atoms with Gasteiger partial charge in [-0.2, -0.15) is 18.3 Å². The summed E-state index contributed by atoms with van der Waals surface area (Å²) in [5.74, 6) is -0.489. The Balaban J connectivity index is 1.20. The van der Waals surface area contributed by atoms with Crippen LogP contribution in [0.5, 0.6) is 0 Å². The third kappa shape index (κ3) is 6.13. The highest BCUT2D eigenvalue weighted by molar-refractivity contribution is 6.34. The van der Waals surface area contributed by atoms with Crippen molar-refractivity contribution in [2.24, 2.45) is 0 Å². The number of anilines is 2. The maximum Gasteiger partial charge on any atom is 0.435 e. The normalized spacial score (nSPS) is 16.8. The average molecular weight is 606 g/mol. The van der Waals surface area contributed by atoms with E-state index in [1.165, 1.54) is 35.1 Å². The number of ether oxygens (including phenoxy) is 1. The van der Waals surface area contributed by atoms with Gasteiger partial charge in [0.2, 0.25) is 5.91 Å². The highest BCUT2D eigenvalue weighted by Crippen LogP contribution is 2.36. The summed E-state index contributed by atoms with van der Waals surface area (Å²) in [7, 11) is 0. The molecule has 0 unspecified atom stereocenters. The van der Waals surface area contributed by atoms with Gasteiger partial charge in [-0.3, -0.25) is 23.9 Å². The lowest BCUT2D eigenvalue weighted by atomic mass is 10.2. The SMILES string of the molecule is O=CO[C@H]1CN[C@H](C(=O)NCCNC(=O)c2ccc(Nc3nccn4c(-c5c[nH]nc5C(F)(F)F)cnc34)cc2Cl)C1. The second-order valence-corrected chi connectivity index (χ2v) is 9.58. The number of amides is 2. The van der Waals surface area contributed by atoms with Crippen molar-refractivity contribution in [3.8, 4) is 11.3 Å². The van der Waals surface area contributed by atoms with Crippen LogP contribution in [-0.4, -0.2) is 74.6 Å². The molecule has 0 radical (unpaired) electrons. The quantitative estimate of drug-likeness (QED) is 0.135. The van der Waals surface area contributed by atoms with Crippen molar-refractivity contribution in [2.45, 2.75) is 24.7 Å². The molecule has 4 aromatic rings. The Morgan fingerprint density at radius 3 is 2.79 bits per heavy atom. The number of rotatable bonds is 10. The number of nitrogens with zero attached hydrogens (tertiary/aromatic N) is 4. The Labute approximate surface area is 240 Å². The number of benzene rings is 1. The molecule has 5 rings (SSSR count). The molecule has 2 amide bonds. The monoisotopic (exact) mass is 605 g/mol. The largest absolute Gasteiger partial charge is 0.463 e. The van der Waals surface area contributed by atoms with E-state index < -0.39 is 23.8 Å². The number of halogens is 4. The molecule has 42 heavy (non-hydrogen) atoms. The first-order valence-corrected chi connectivity index (χ1v) is 12.9. The Bertz CT molecular complexity index is 1620. The lowest BCUT2D eigenvalue weighted by Gasteiger charge is -2.13. The Hall–Kier alpha value is -4.70. The van der Waals surface area contributed by atoms with Crippen LogP contribution in [0, 0.1) is 0 Å². The van der Waals surface area contributed by atoms with Crippen molar-refractivity contribution in [1.82, 2.24) is 40.5 Å². The molecule has 17 heteroatoms. The average Bonchev–Trinajstić information content (AvgIpc) is 3.71. The summed E-state index contributed by atoms with van der Waals surface area (Å²) in [6.07, 6.45) is 0.657. The van der Waals surface area contributed by atoms with Crippen molar-refractivity contribution < 1.29 is 32.3 Å². The number of carbonyl (C=O) groups is 3. The molecule has 13 nitrogen and oxygen atoms in total. The van der Waals surface area contributed by atoms with Crippen LogP contribution in [0.4, 0.5) is 24.7 Å². The molecule has 1 aliphatic rings. The summed E-state index contributed by atoms with van der Waals surface area (Å²) < 4.78 is 46.4. The van der Waals surface area contributed by atoms with Crippen molar-refractivity contribution >= 4 is 47.0 Å². The minimum absolute atomic E-state index is 0.127. The fraction of sp³-hybridized carbons (Fsp3) is 0.280. The fourth-order valence-corrected chi connectivity index (χ4v) is 4.75. The molecule has 1 aliphatic heterocycles. The van der Waals surface area contributed by atoms with Gasteiger partial charge in [0.1, 0.15) is 6.10 Å². The Kier molecular flexibility index (Phi) is 8.26. The van der Waals surface area contributed by atoms with E-state index in [0.29, 0.717) is 25.1 Å². The van der Waals surface area contributed by atoms with Gasteiger partial charge in [-0.15, -0.1) is 0 Å². The molecule has 1 fully saturated rings. The van der Waals surface area contributed by atoms with Gasteiger partial charge in [0, 0.05) is 50.3 Å². The molecule has 0 aliphatic carbocycles. The van der Waals surface area contributed by atoms with E-state index in [2.05, 4.69) is 41.4 Å². The zero-order valence-corrected chi connectivity index (χ0v) is 22.3. The zero-order valence-electron chi connectivity index (χ0n) is 21.5. The first kappa shape index (κ1) is 28.8. The van der Waals surface area contributed by atoms with Gasteiger partial charge in [0.05, 0.1) is 34.1 Å². The number of alkyl halides is 3. The number of carbonyl (C=O) groups excluding carboxylic acids is 3. The number of H-pyrrole nitrogens is 1. The van der Waals surface area contributed by atoms with Crippen molar-refractivity contribution in [3.63, 3.8) is 0 Å². The van der Waals surface area contributed by atoms with Gasteiger partial charge in [0.15, 0.2) is 17.2 Å². The Morgan fingerprint density at radius 2 is 2.02 bits per heavy atom. The van der Waals surface area contributed by atoms with Crippen LogP contribution in [0.2, 0.25) is 5.02 Å². The fourth-order valence-electron chi connectivity index (χ4n) is 4.49. The summed E-state index contributed by atoms with van der Waals surface area (Å²) in [5.41, 5.74) is -0.181. The third-order valence-electron chi connectivity index (χ3n) is 6.45. The van der Waals surface area contributed by atoms with Gasteiger partial charge in [-0.05, 0) is 18.2 Å². The number of hydrogen-bond donors (Lipinski definition) is 5. The van der Waals surface area contributed by atoms with Gasteiger partial charge in [-0.25, -0.2) is 9.97 Å². The standard InChI is InChI=1S/C25H23ClF3N9O4/c26-17-7-13(1-2-15(17)23(40)31-3-4-32-24(41)18-8-14(9-33-18)42-12-39)36-21-22-34-11-19(38(22)6-5-30-21)16-10-35-37-20(16)25(27,28)29/h1-2,5-7,10-12,14,18,33H,3-4,8-9H2,(H,30,36)(H,31,40)(H,32,41)(H,35,37)/t14-,18+/m1/s1. The molecule has 5 N–H and O–H groups in total. The summed E-state index contributed by atoms with van der Waals surface area (Å²) >= 11 is 6.36. The lowest BCUT2D eigenvalue weighted by Crippen LogP contribution is -2.43. The van der Waals surface area contributed by atoms with Crippen molar-refractivity contribution in [1.29, 1.82) is 0 Å². The van der Waals surface area contributed by atoms with Crippen LogP contribution in [0.15, 0.2) is 43.0 Å². The molecule has 0 bridgehead atoms. The maximum absolute atomic E-state index is 13.4. The van der Waals surface area contributed by atoms with Crippen LogP contribution < -0.4 is 21.3 Å².